The van der Waals surface area contributed by atoms with Gasteiger partial charge in [-0.25, -0.2) is 0 Å². The molecule has 1 fully saturated rings. The molecule has 2 nitrogen and oxygen atoms in total. The van der Waals surface area contributed by atoms with Gasteiger partial charge < -0.3 is 4.74 Å². The Morgan fingerprint density at radius 2 is 2.12 bits per heavy atom. The number of likely N-dealkylation sites (tertiary alicyclic amines) is 1. The summed E-state index contributed by atoms with van der Waals surface area (Å²) in [6.45, 7) is 8.58. The van der Waals surface area contributed by atoms with Crippen LogP contribution in [0.4, 0.5) is 0 Å². The van der Waals surface area contributed by atoms with Crippen LogP contribution in [0.15, 0.2) is 0 Å². The van der Waals surface area contributed by atoms with Gasteiger partial charge in [-0.05, 0) is 38.1 Å². The first-order chi connectivity index (χ1) is 8.24. The van der Waals surface area contributed by atoms with Crippen LogP contribution in [0.25, 0.3) is 0 Å². The van der Waals surface area contributed by atoms with E-state index in [1.54, 1.807) is 0 Å². The lowest BCUT2D eigenvalue weighted by molar-refractivity contribution is 0.0664. The first-order valence-corrected chi connectivity index (χ1v) is 7.65. The monoisotopic (exact) mass is 261 g/mol. The fourth-order valence-electron chi connectivity index (χ4n) is 2.41. The summed E-state index contributed by atoms with van der Waals surface area (Å²) in [5, 5.41) is 0. The van der Waals surface area contributed by atoms with Gasteiger partial charge in [0.25, 0.3) is 0 Å². The average Bonchev–Trinajstić information content (AvgIpc) is 2.31. The summed E-state index contributed by atoms with van der Waals surface area (Å²) in [5.41, 5.74) is 0. The van der Waals surface area contributed by atoms with E-state index in [1.165, 1.54) is 32.2 Å². The Bertz CT molecular complexity index is 185. The predicted molar refractivity (Wildman–Crippen MR) is 74.8 cm³/mol. The molecular weight excluding hydrogens is 234 g/mol. The SMILES string of the molecule is CC(C)CCOCCN1CCCCC1CCCl. The molecule has 1 atom stereocenters. The van der Waals surface area contributed by atoms with Crippen molar-refractivity contribution < 1.29 is 4.74 Å². The van der Waals surface area contributed by atoms with Crippen LogP contribution in [-0.4, -0.2) is 43.1 Å². The van der Waals surface area contributed by atoms with Gasteiger partial charge in [-0.1, -0.05) is 20.3 Å². The van der Waals surface area contributed by atoms with Crippen molar-refractivity contribution in [2.75, 3.05) is 32.2 Å². The molecule has 1 saturated heterocycles. The zero-order valence-electron chi connectivity index (χ0n) is 11.5. The fourth-order valence-corrected chi connectivity index (χ4v) is 2.66. The lowest BCUT2D eigenvalue weighted by Crippen LogP contribution is -2.41. The summed E-state index contributed by atoms with van der Waals surface area (Å²) in [6.07, 6.45) is 6.33. The summed E-state index contributed by atoms with van der Waals surface area (Å²) in [6, 6.07) is 0.704. The minimum atomic E-state index is 0.704. The maximum absolute atomic E-state index is 5.86. The number of hydrogen-bond donors (Lipinski definition) is 0. The highest BCUT2D eigenvalue weighted by molar-refractivity contribution is 6.17. The van der Waals surface area contributed by atoms with E-state index < -0.39 is 0 Å². The van der Waals surface area contributed by atoms with Crippen molar-refractivity contribution >= 4 is 11.6 Å². The number of alkyl halides is 1. The Balaban J connectivity index is 2.10. The lowest BCUT2D eigenvalue weighted by atomic mass is 10.0. The van der Waals surface area contributed by atoms with Crippen molar-refractivity contribution in [2.45, 2.75) is 52.0 Å². The van der Waals surface area contributed by atoms with Gasteiger partial charge in [0.1, 0.15) is 0 Å². The molecule has 1 aliphatic heterocycles. The molecule has 17 heavy (non-hydrogen) atoms. The van der Waals surface area contributed by atoms with Crippen molar-refractivity contribution in [2.24, 2.45) is 5.92 Å². The minimum absolute atomic E-state index is 0.704. The number of halogens is 1. The van der Waals surface area contributed by atoms with Gasteiger partial charge >= 0.3 is 0 Å². The Hall–Kier alpha value is 0.210. The molecule has 0 saturated carbocycles. The molecule has 1 rings (SSSR count). The van der Waals surface area contributed by atoms with Gasteiger partial charge in [0, 0.05) is 25.1 Å². The largest absolute Gasteiger partial charge is 0.380 e. The van der Waals surface area contributed by atoms with E-state index >= 15 is 0 Å². The molecule has 0 bridgehead atoms. The third-order valence-electron chi connectivity index (χ3n) is 3.55. The number of piperidine rings is 1. The van der Waals surface area contributed by atoms with Gasteiger partial charge in [0.05, 0.1) is 6.61 Å². The third-order valence-corrected chi connectivity index (χ3v) is 3.77. The molecule has 0 N–H and O–H groups in total. The van der Waals surface area contributed by atoms with E-state index in [1.807, 2.05) is 0 Å². The fraction of sp³-hybridized carbons (Fsp3) is 1.00. The number of hydrogen-bond acceptors (Lipinski definition) is 2. The first kappa shape index (κ1) is 15.3. The number of rotatable bonds is 8. The molecule has 3 heteroatoms. The molecule has 0 aromatic rings. The highest BCUT2D eigenvalue weighted by Gasteiger charge is 2.21. The molecule has 1 aliphatic rings. The molecule has 102 valence electrons. The zero-order chi connectivity index (χ0) is 12.5. The maximum atomic E-state index is 5.86. The van der Waals surface area contributed by atoms with Crippen LogP contribution in [-0.2, 0) is 4.74 Å². The standard InChI is InChI=1S/C14H28ClNO/c1-13(2)7-11-17-12-10-16-9-4-3-5-14(16)6-8-15/h13-14H,3-12H2,1-2H3. The molecule has 1 heterocycles. The van der Waals surface area contributed by atoms with E-state index in [2.05, 4.69) is 18.7 Å². The van der Waals surface area contributed by atoms with Gasteiger partial charge in [-0.15, -0.1) is 11.6 Å². The van der Waals surface area contributed by atoms with Crippen LogP contribution < -0.4 is 0 Å². The van der Waals surface area contributed by atoms with Gasteiger partial charge in [-0.2, -0.15) is 0 Å². The average molecular weight is 262 g/mol. The summed E-state index contributed by atoms with van der Waals surface area (Å²) in [5.74, 6) is 1.53. The van der Waals surface area contributed by atoms with Crippen LogP contribution >= 0.6 is 11.6 Å². The van der Waals surface area contributed by atoms with Crippen molar-refractivity contribution in [3.63, 3.8) is 0 Å². The predicted octanol–water partition coefficient (Wildman–Crippen LogP) is 3.53. The highest BCUT2D eigenvalue weighted by Crippen LogP contribution is 2.19. The smallest absolute Gasteiger partial charge is 0.0593 e. The van der Waals surface area contributed by atoms with E-state index in [9.17, 15) is 0 Å². The Morgan fingerprint density at radius 3 is 2.82 bits per heavy atom. The third kappa shape index (κ3) is 6.64. The second kappa shape index (κ2) is 9.18. The molecule has 0 radical (unpaired) electrons. The van der Waals surface area contributed by atoms with Crippen LogP contribution in [0.2, 0.25) is 0 Å². The second-order valence-corrected chi connectivity index (χ2v) is 5.84. The quantitative estimate of drug-likeness (QED) is 0.490. The molecular formula is C14H28ClNO. The van der Waals surface area contributed by atoms with E-state index in [4.69, 9.17) is 16.3 Å². The van der Waals surface area contributed by atoms with Gasteiger partial charge in [0.15, 0.2) is 0 Å². The van der Waals surface area contributed by atoms with Gasteiger partial charge in [0.2, 0.25) is 0 Å². The highest BCUT2D eigenvalue weighted by atomic mass is 35.5. The Labute approximate surface area is 112 Å². The maximum Gasteiger partial charge on any atom is 0.0593 e. The molecule has 0 aliphatic carbocycles. The number of ether oxygens (including phenoxy) is 1. The van der Waals surface area contributed by atoms with Crippen LogP contribution in [0.3, 0.4) is 0 Å². The topological polar surface area (TPSA) is 12.5 Å². The molecule has 0 amide bonds. The zero-order valence-corrected chi connectivity index (χ0v) is 12.2. The van der Waals surface area contributed by atoms with E-state index in [0.717, 1.165) is 38.0 Å². The molecule has 0 aromatic heterocycles. The van der Waals surface area contributed by atoms with Crippen LogP contribution in [0.1, 0.15) is 46.0 Å². The van der Waals surface area contributed by atoms with Crippen molar-refractivity contribution in [1.82, 2.24) is 4.90 Å². The lowest BCUT2D eigenvalue weighted by Gasteiger charge is -2.35. The normalized spacial score (nSPS) is 22.2. The van der Waals surface area contributed by atoms with Crippen molar-refractivity contribution in [3.8, 4) is 0 Å². The Morgan fingerprint density at radius 1 is 1.29 bits per heavy atom. The number of nitrogens with zero attached hydrogens (tertiary/aromatic N) is 1. The summed E-state index contributed by atoms with van der Waals surface area (Å²) < 4.78 is 5.70. The summed E-state index contributed by atoms with van der Waals surface area (Å²) in [4.78, 5) is 2.57. The Kier molecular flexibility index (Phi) is 8.25. The molecule has 0 aromatic carbocycles. The van der Waals surface area contributed by atoms with E-state index in [0.29, 0.717) is 6.04 Å². The summed E-state index contributed by atoms with van der Waals surface area (Å²) >= 11 is 5.86. The van der Waals surface area contributed by atoms with Crippen molar-refractivity contribution in [1.29, 1.82) is 0 Å². The second-order valence-electron chi connectivity index (χ2n) is 5.46. The van der Waals surface area contributed by atoms with Crippen LogP contribution in [0, 0.1) is 5.92 Å². The minimum Gasteiger partial charge on any atom is -0.380 e. The first-order valence-electron chi connectivity index (χ1n) is 7.11. The molecule has 1 unspecified atom stereocenters. The van der Waals surface area contributed by atoms with Crippen LogP contribution in [0.5, 0.6) is 0 Å². The van der Waals surface area contributed by atoms with Crippen molar-refractivity contribution in [3.05, 3.63) is 0 Å². The van der Waals surface area contributed by atoms with E-state index in [-0.39, 0.29) is 0 Å². The summed E-state index contributed by atoms with van der Waals surface area (Å²) in [7, 11) is 0. The molecule has 0 spiro atoms. The van der Waals surface area contributed by atoms with Gasteiger partial charge in [-0.3, -0.25) is 4.90 Å².